The third-order valence-electron chi connectivity index (χ3n) is 5.49. The molecule has 0 aliphatic heterocycles. The van der Waals surface area contributed by atoms with Gasteiger partial charge in [0.2, 0.25) is 0 Å². The van der Waals surface area contributed by atoms with Crippen molar-refractivity contribution < 1.29 is 20.1 Å². The smallest absolute Gasteiger partial charge is 0.136 e. The summed E-state index contributed by atoms with van der Waals surface area (Å²) in [6.07, 6.45) is 14.9. The van der Waals surface area contributed by atoms with Crippen molar-refractivity contribution >= 4 is 5.78 Å². The largest absolute Gasteiger partial charge is 0.394 e. The van der Waals surface area contributed by atoms with E-state index < -0.39 is 6.10 Å². The van der Waals surface area contributed by atoms with Crippen molar-refractivity contribution in [1.29, 1.82) is 0 Å². The summed E-state index contributed by atoms with van der Waals surface area (Å²) >= 11 is 0. The van der Waals surface area contributed by atoms with Gasteiger partial charge < -0.3 is 15.3 Å². The summed E-state index contributed by atoms with van der Waals surface area (Å²) in [6, 6.07) is 0. The van der Waals surface area contributed by atoms with Crippen molar-refractivity contribution in [3.63, 3.8) is 0 Å². The summed E-state index contributed by atoms with van der Waals surface area (Å²) in [4.78, 5) is 12.1. The monoisotopic (exact) mass is 366 g/mol. The Morgan fingerprint density at radius 3 is 2.65 bits per heavy atom. The molecule has 26 heavy (non-hydrogen) atoms. The Balaban J connectivity index is 2.37. The predicted molar refractivity (Wildman–Crippen MR) is 106 cm³/mol. The third kappa shape index (κ3) is 8.61. The molecule has 0 saturated heterocycles. The van der Waals surface area contributed by atoms with Gasteiger partial charge in [-0.2, -0.15) is 0 Å². The number of carbonyl (C=O) groups is 1. The van der Waals surface area contributed by atoms with Crippen molar-refractivity contribution in [3.05, 3.63) is 24.3 Å². The Kier molecular flexibility index (Phi) is 11.7. The Morgan fingerprint density at radius 1 is 1.19 bits per heavy atom. The van der Waals surface area contributed by atoms with Gasteiger partial charge in [0.05, 0.1) is 18.8 Å². The first kappa shape index (κ1) is 23.1. The quantitative estimate of drug-likeness (QED) is 0.342. The second-order valence-electron chi connectivity index (χ2n) is 7.75. The fourth-order valence-electron chi connectivity index (χ4n) is 3.67. The second-order valence-corrected chi connectivity index (χ2v) is 7.75. The van der Waals surface area contributed by atoms with Crippen molar-refractivity contribution in [2.45, 2.75) is 83.8 Å². The fraction of sp³-hybridized carbons (Fsp3) is 0.773. The Labute approximate surface area is 159 Å². The van der Waals surface area contributed by atoms with Gasteiger partial charge in [0.15, 0.2) is 0 Å². The minimum atomic E-state index is -0.621. The number of rotatable bonds is 13. The highest BCUT2D eigenvalue weighted by atomic mass is 16.3. The van der Waals surface area contributed by atoms with E-state index in [2.05, 4.69) is 38.2 Å². The maximum absolute atomic E-state index is 12.1. The summed E-state index contributed by atoms with van der Waals surface area (Å²) in [5, 5.41) is 28.2. The van der Waals surface area contributed by atoms with Gasteiger partial charge in [-0.15, -0.1) is 0 Å². The predicted octanol–water partition coefficient (Wildman–Crippen LogP) is 3.79. The zero-order valence-electron chi connectivity index (χ0n) is 16.5. The summed E-state index contributed by atoms with van der Waals surface area (Å²) in [7, 11) is 0. The van der Waals surface area contributed by atoms with Gasteiger partial charge in [0.25, 0.3) is 0 Å². The fourth-order valence-corrected chi connectivity index (χ4v) is 3.67. The topological polar surface area (TPSA) is 77.8 Å². The highest BCUT2D eigenvalue weighted by Crippen LogP contribution is 2.33. The molecule has 3 unspecified atom stereocenters. The molecule has 0 bridgehead atoms. The molecule has 0 aromatic rings. The maximum Gasteiger partial charge on any atom is 0.136 e. The van der Waals surface area contributed by atoms with Gasteiger partial charge in [0, 0.05) is 12.3 Å². The Hall–Kier alpha value is -0.970. The molecule has 0 heterocycles. The van der Waals surface area contributed by atoms with Crippen LogP contribution in [0.5, 0.6) is 0 Å². The number of Topliss-reactive ketones (excluding diaryl/α,β-unsaturated/α-hetero) is 1. The molecule has 150 valence electrons. The van der Waals surface area contributed by atoms with E-state index in [1.54, 1.807) is 0 Å². The number of aliphatic hydroxyl groups is 3. The van der Waals surface area contributed by atoms with Crippen LogP contribution in [-0.2, 0) is 4.79 Å². The lowest BCUT2D eigenvalue weighted by atomic mass is 9.90. The lowest BCUT2D eigenvalue weighted by Crippen LogP contribution is -2.16. The number of unbranched alkanes of at least 4 members (excludes halogenated alkanes) is 1. The van der Waals surface area contributed by atoms with E-state index in [1.165, 1.54) is 0 Å². The molecule has 4 nitrogen and oxygen atoms in total. The summed E-state index contributed by atoms with van der Waals surface area (Å²) in [6.45, 7) is 4.05. The summed E-state index contributed by atoms with van der Waals surface area (Å²) in [5.41, 5.74) is 0. The average Bonchev–Trinajstić information content (AvgIpc) is 2.97. The van der Waals surface area contributed by atoms with Gasteiger partial charge in [0.1, 0.15) is 5.78 Å². The molecule has 5 atom stereocenters. The molecule has 3 N–H and O–H groups in total. The van der Waals surface area contributed by atoms with Crippen LogP contribution in [-0.4, -0.2) is 39.9 Å². The molecule has 1 fully saturated rings. The van der Waals surface area contributed by atoms with Crippen LogP contribution in [0.4, 0.5) is 0 Å². The first-order valence-electron chi connectivity index (χ1n) is 10.3. The van der Waals surface area contributed by atoms with Gasteiger partial charge >= 0.3 is 0 Å². The van der Waals surface area contributed by atoms with Crippen molar-refractivity contribution in [2.75, 3.05) is 6.61 Å². The number of hydrogen-bond donors (Lipinski definition) is 3. The first-order chi connectivity index (χ1) is 12.5. The average molecular weight is 367 g/mol. The maximum atomic E-state index is 12.1. The van der Waals surface area contributed by atoms with Crippen molar-refractivity contribution in [1.82, 2.24) is 0 Å². The van der Waals surface area contributed by atoms with Gasteiger partial charge in [-0.05, 0) is 56.8 Å². The van der Waals surface area contributed by atoms with Gasteiger partial charge in [-0.3, -0.25) is 4.79 Å². The molecular formula is C22H38O4. The Bertz CT molecular complexity index is 443. The third-order valence-corrected chi connectivity index (χ3v) is 5.49. The molecule has 1 aliphatic rings. The summed E-state index contributed by atoms with van der Waals surface area (Å²) in [5.74, 6) is 1.02. The van der Waals surface area contributed by atoms with E-state index in [1.807, 2.05) is 0 Å². The second kappa shape index (κ2) is 13.2. The van der Waals surface area contributed by atoms with E-state index in [9.17, 15) is 15.0 Å². The first-order valence-corrected chi connectivity index (χ1v) is 10.3. The van der Waals surface area contributed by atoms with Gasteiger partial charge in [-0.1, -0.05) is 44.6 Å². The minimum Gasteiger partial charge on any atom is -0.394 e. The lowest BCUT2D eigenvalue weighted by molar-refractivity contribution is -0.120. The number of hydrogen-bond acceptors (Lipinski definition) is 4. The number of ketones is 1. The van der Waals surface area contributed by atoms with Crippen LogP contribution in [0.3, 0.4) is 0 Å². The highest BCUT2D eigenvalue weighted by molar-refractivity contribution is 5.83. The van der Waals surface area contributed by atoms with E-state index in [0.29, 0.717) is 31.0 Å². The standard InChI is InChI=1S/C22H38O4/c1-3-9-17(2)21(25)13-8-10-18-14-15-22(26)20(18)12-7-5-4-6-11-19(24)16-23/h5,7-8,10,17-21,23-25H,3-4,6,9,11-16H2,1-2H3/t17?,18-,19?,20+,21?/m0/s1. The molecule has 1 aliphatic carbocycles. The molecule has 0 aromatic heterocycles. The normalized spacial score (nSPS) is 24.6. The number of aliphatic hydroxyl groups excluding tert-OH is 3. The molecule has 0 amide bonds. The van der Waals surface area contributed by atoms with Crippen LogP contribution < -0.4 is 0 Å². The van der Waals surface area contributed by atoms with Crippen LogP contribution in [0.25, 0.3) is 0 Å². The van der Waals surface area contributed by atoms with Crippen LogP contribution in [0.2, 0.25) is 0 Å². The van der Waals surface area contributed by atoms with Crippen LogP contribution in [0.1, 0.15) is 71.6 Å². The molecular weight excluding hydrogens is 328 g/mol. The zero-order valence-corrected chi connectivity index (χ0v) is 16.5. The Morgan fingerprint density at radius 2 is 1.96 bits per heavy atom. The van der Waals surface area contributed by atoms with Crippen molar-refractivity contribution in [2.24, 2.45) is 17.8 Å². The molecule has 1 rings (SSSR count). The van der Waals surface area contributed by atoms with E-state index >= 15 is 0 Å². The van der Waals surface area contributed by atoms with Gasteiger partial charge in [-0.25, -0.2) is 0 Å². The molecule has 4 heteroatoms. The summed E-state index contributed by atoms with van der Waals surface area (Å²) < 4.78 is 0. The molecule has 0 aromatic carbocycles. The number of allylic oxidation sites excluding steroid dienone is 3. The molecule has 0 radical (unpaired) electrons. The SMILES string of the molecule is CCCC(C)C(O)CC=C[C@H]1CCC(=O)[C@@H]1CC=CCCCC(O)CO. The zero-order chi connectivity index (χ0) is 19.4. The number of carbonyl (C=O) groups excluding carboxylic acids is 1. The van der Waals surface area contributed by atoms with Crippen LogP contribution in [0, 0.1) is 17.8 Å². The lowest BCUT2D eigenvalue weighted by Gasteiger charge is -2.17. The minimum absolute atomic E-state index is 0.0655. The van der Waals surface area contributed by atoms with Crippen molar-refractivity contribution in [3.8, 4) is 0 Å². The van der Waals surface area contributed by atoms with Crippen LogP contribution in [0.15, 0.2) is 24.3 Å². The molecule has 0 spiro atoms. The van der Waals surface area contributed by atoms with E-state index in [0.717, 1.165) is 38.5 Å². The van der Waals surface area contributed by atoms with E-state index in [-0.39, 0.29) is 24.5 Å². The van der Waals surface area contributed by atoms with E-state index in [4.69, 9.17) is 5.11 Å². The molecule has 1 saturated carbocycles. The highest BCUT2D eigenvalue weighted by Gasteiger charge is 2.31. The van der Waals surface area contributed by atoms with Crippen LogP contribution >= 0.6 is 0 Å².